The molecule has 4 rings (SSSR count). The second kappa shape index (κ2) is 11.9. The molecule has 0 aliphatic carbocycles. The Balaban J connectivity index is 1.89. The van der Waals surface area contributed by atoms with Gasteiger partial charge in [0, 0.05) is 46.4 Å². The maximum Gasteiger partial charge on any atom is 0.322 e. The van der Waals surface area contributed by atoms with Crippen molar-refractivity contribution in [1.82, 2.24) is 10.3 Å². The average molecular weight is 642 g/mol. The van der Waals surface area contributed by atoms with Gasteiger partial charge in [-0.3, -0.25) is 9.88 Å². The van der Waals surface area contributed by atoms with Crippen LogP contribution in [0.5, 0.6) is 0 Å². The zero-order valence-corrected chi connectivity index (χ0v) is 27.6. The molecule has 1 atom stereocenters. The zero-order valence-electron chi connectivity index (χ0n) is 25.2. The molecule has 4 aromatic rings. The normalized spacial score (nSPS) is 13.2. The van der Waals surface area contributed by atoms with E-state index in [1.54, 1.807) is 44.3 Å². The summed E-state index contributed by atoms with van der Waals surface area (Å²) in [5.41, 5.74) is 3.93. The summed E-state index contributed by atoms with van der Waals surface area (Å²) in [5, 5.41) is 4.14. The van der Waals surface area contributed by atoms with Crippen LogP contribution in [0.15, 0.2) is 77.8 Å². The monoisotopic (exact) mass is 641 g/mol. The van der Waals surface area contributed by atoms with Crippen LogP contribution in [0.2, 0.25) is 5.02 Å². The number of fused-ring (bicyclic) bond motifs is 1. The minimum absolute atomic E-state index is 0.143. The van der Waals surface area contributed by atoms with E-state index >= 15 is 0 Å². The van der Waals surface area contributed by atoms with E-state index in [4.69, 9.17) is 11.6 Å². The Labute approximate surface area is 258 Å². The van der Waals surface area contributed by atoms with Crippen molar-refractivity contribution >= 4 is 53.9 Å². The molecule has 0 spiro atoms. The summed E-state index contributed by atoms with van der Waals surface area (Å²) < 4.78 is 48.4. The van der Waals surface area contributed by atoms with E-state index in [1.165, 1.54) is 23.3 Å². The zero-order chi connectivity index (χ0) is 31.9. The van der Waals surface area contributed by atoms with Crippen molar-refractivity contribution in [3.63, 3.8) is 0 Å². The van der Waals surface area contributed by atoms with Crippen molar-refractivity contribution in [2.75, 3.05) is 17.4 Å². The van der Waals surface area contributed by atoms with Gasteiger partial charge in [0.15, 0.2) is 19.7 Å². The Hall–Kier alpha value is -3.47. The lowest BCUT2D eigenvalue weighted by Gasteiger charge is -2.31. The number of carbonyl (C=O) groups is 1. The number of benzene rings is 3. The molecule has 11 heteroatoms. The van der Waals surface area contributed by atoms with Gasteiger partial charge in [0.1, 0.15) is 0 Å². The van der Waals surface area contributed by atoms with E-state index in [-0.39, 0.29) is 17.0 Å². The van der Waals surface area contributed by atoms with Gasteiger partial charge in [-0.1, -0.05) is 23.7 Å². The van der Waals surface area contributed by atoms with Crippen LogP contribution in [0.25, 0.3) is 22.0 Å². The number of sulfone groups is 2. The number of amides is 2. The Morgan fingerprint density at radius 2 is 1.58 bits per heavy atom. The van der Waals surface area contributed by atoms with Crippen LogP contribution in [0.3, 0.4) is 0 Å². The van der Waals surface area contributed by atoms with Gasteiger partial charge in [-0.15, -0.1) is 0 Å². The highest BCUT2D eigenvalue weighted by Gasteiger charge is 2.33. The topological polar surface area (TPSA) is 114 Å². The number of carbonyl (C=O) groups excluding carboxylic acids is 1. The minimum Gasteiger partial charge on any atom is -0.335 e. The van der Waals surface area contributed by atoms with Crippen molar-refractivity contribution in [3.8, 4) is 11.1 Å². The van der Waals surface area contributed by atoms with Crippen molar-refractivity contribution in [2.24, 2.45) is 0 Å². The number of anilines is 1. The SMILES string of the molecule is CC(C)NC(=O)N(c1ccc(S(C)(=O)=O)cc1)C(C)c1cc(-c2cc(C(C)(C)S(C)(=O)=O)cc3cccnc23)ccc1Cl. The van der Waals surface area contributed by atoms with Crippen LogP contribution in [0, 0.1) is 0 Å². The predicted molar refractivity (Wildman–Crippen MR) is 174 cm³/mol. The number of pyridine rings is 1. The van der Waals surface area contributed by atoms with E-state index < -0.39 is 30.5 Å². The molecule has 0 bridgehead atoms. The standard InChI is InChI=1S/C32H36ClN3O5S2/c1-20(2)35-31(37)36(25-11-13-26(14-12-25)42(6,38)39)21(3)27-18-22(10-15-29(27)33)28-19-24(32(4,5)43(7,40)41)17-23-9-8-16-34-30(23)28/h8-21H,1-7H3,(H,35,37). The molecule has 0 aliphatic rings. The number of nitrogens with zero attached hydrogens (tertiary/aromatic N) is 2. The molecule has 228 valence electrons. The highest BCUT2D eigenvalue weighted by molar-refractivity contribution is 7.91. The molecule has 43 heavy (non-hydrogen) atoms. The smallest absolute Gasteiger partial charge is 0.322 e. The molecule has 0 saturated carbocycles. The first-order valence-corrected chi connectivity index (χ1v) is 17.9. The molecule has 0 saturated heterocycles. The quantitative estimate of drug-likeness (QED) is 0.223. The van der Waals surface area contributed by atoms with Gasteiger partial charge in [0.05, 0.1) is 21.2 Å². The summed E-state index contributed by atoms with van der Waals surface area (Å²) in [6.45, 7) is 8.90. The van der Waals surface area contributed by atoms with Gasteiger partial charge >= 0.3 is 6.03 Å². The number of halogens is 1. The van der Waals surface area contributed by atoms with Gasteiger partial charge in [-0.05, 0) is 106 Å². The lowest BCUT2D eigenvalue weighted by molar-refractivity contribution is 0.242. The molecule has 3 aromatic carbocycles. The van der Waals surface area contributed by atoms with Crippen molar-refractivity contribution in [3.05, 3.63) is 89.1 Å². The van der Waals surface area contributed by atoms with Crippen LogP contribution in [0.4, 0.5) is 10.5 Å². The second-order valence-corrected chi connectivity index (χ2v) is 16.5. The third-order valence-corrected chi connectivity index (χ3v) is 11.2. The summed E-state index contributed by atoms with van der Waals surface area (Å²) in [4.78, 5) is 19.8. The summed E-state index contributed by atoms with van der Waals surface area (Å²) in [5.74, 6) is 0. The first-order chi connectivity index (χ1) is 19.9. The second-order valence-electron chi connectivity index (χ2n) is 11.5. The third kappa shape index (κ3) is 6.71. The first kappa shape index (κ1) is 32.4. The van der Waals surface area contributed by atoms with E-state index in [0.717, 1.165) is 22.8 Å². The average Bonchev–Trinajstić information content (AvgIpc) is 2.91. The number of rotatable bonds is 8. The molecule has 0 fully saturated rings. The number of urea groups is 1. The van der Waals surface area contributed by atoms with E-state index in [1.807, 2.05) is 51.1 Å². The molecule has 1 aromatic heterocycles. The lowest BCUT2D eigenvalue weighted by atomic mass is 9.92. The Kier molecular flexibility index (Phi) is 8.98. The van der Waals surface area contributed by atoms with E-state index in [9.17, 15) is 21.6 Å². The molecular weight excluding hydrogens is 606 g/mol. The van der Waals surface area contributed by atoms with Crippen LogP contribution >= 0.6 is 11.6 Å². The van der Waals surface area contributed by atoms with Gasteiger partial charge in [-0.2, -0.15) is 0 Å². The maximum absolute atomic E-state index is 13.5. The Morgan fingerprint density at radius 3 is 2.16 bits per heavy atom. The molecule has 0 radical (unpaired) electrons. The summed E-state index contributed by atoms with van der Waals surface area (Å²) in [7, 11) is -6.88. The van der Waals surface area contributed by atoms with Gasteiger partial charge < -0.3 is 5.32 Å². The van der Waals surface area contributed by atoms with E-state index in [0.29, 0.717) is 27.4 Å². The summed E-state index contributed by atoms with van der Waals surface area (Å²) >= 11 is 6.75. The molecule has 1 heterocycles. The molecule has 1 N–H and O–H groups in total. The first-order valence-electron chi connectivity index (χ1n) is 13.7. The van der Waals surface area contributed by atoms with Crippen LogP contribution in [-0.4, -0.2) is 46.4 Å². The molecule has 8 nitrogen and oxygen atoms in total. The largest absolute Gasteiger partial charge is 0.335 e. The van der Waals surface area contributed by atoms with Crippen LogP contribution in [-0.2, 0) is 24.4 Å². The minimum atomic E-state index is -3.46. The fourth-order valence-corrected chi connectivity index (χ4v) is 6.28. The fourth-order valence-electron chi connectivity index (χ4n) is 4.83. The van der Waals surface area contributed by atoms with Crippen molar-refractivity contribution < 1.29 is 21.6 Å². The summed E-state index contributed by atoms with van der Waals surface area (Å²) in [6, 6.07) is 17.9. The molecule has 0 aliphatic heterocycles. The van der Waals surface area contributed by atoms with Gasteiger partial charge in [0.2, 0.25) is 0 Å². The van der Waals surface area contributed by atoms with Crippen LogP contribution in [0.1, 0.15) is 51.8 Å². The molecule has 1 unspecified atom stereocenters. The number of hydrogen-bond donors (Lipinski definition) is 1. The summed E-state index contributed by atoms with van der Waals surface area (Å²) in [6.07, 6.45) is 4.04. The van der Waals surface area contributed by atoms with Gasteiger partial charge in [-0.25, -0.2) is 21.6 Å². The van der Waals surface area contributed by atoms with Gasteiger partial charge in [0.25, 0.3) is 0 Å². The van der Waals surface area contributed by atoms with Crippen LogP contribution < -0.4 is 10.2 Å². The Morgan fingerprint density at radius 1 is 0.930 bits per heavy atom. The lowest BCUT2D eigenvalue weighted by Crippen LogP contribution is -2.44. The number of aromatic nitrogens is 1. The number of hydrogen-bond acceptors (Lipinski definition) is 6. The highest BCUT2D eigenvalue weighted by Crippen LogP contribution is 2.39. The fraction of sp³-hybridized carbons (Fsp3) is 0.312. The van der Waals surface area contributed by atoms with Crippen molar-refractivity contribution in [2.45, 2.75) is 56.3 Å². The maximum atomic E-state index is 13.5. The third-order valence-electron chi connectivity index (χ3n) is 7.65. The Bertz CT molecular complexity index is 1910. The molecular formula is C32H36ClN3O5S2. The number of nitrogens with one attached hydrogen (secondary N) is 1. The molecule has 2 amide bonds. The van der Waals surface area contributed by atoms with Crippen molar-refractivity contribution in [1.29, 1.82) is 0 Å². The highest BCUT2D eigenvalue weighted by atomic mass is 35.5. The predicted octanol–water partition coefficient (Wildman–Crippen LogP) is 6.92. The van der Waals surface area contributed by atoms with E-state index in [2.05, 4.69) is 10.3 Å².